The van der Waals surface area contributed by atoms with Gasteiger partial charge in [-0.2, -0.15) is 0 Å². The van der Waals surface area contributed by atoms with Gasteiger partial charge in [-0.1, -0.05) is 11.3 Å². The fourth-order valence-electron chi connectivity index (χ4n) is 3.76. The molecule has 1 fully saturated rings. The molecular formula is C23H24N4O3S2. The molecule has 0 aliphatic carbocycles. The summed E-state index contributed by atoms with van der Waals surface area (Å²) >= 11 is 3.06. The van der Waals surface area contributed by atoms with Gasteiger partial charge in [0, 0.05) is 31.7 Å². The second kappa shape index (κ2) is 9.50. The van der Waals surface area contributed by atoms with E-state index >= 15 is 0 Å². The van der Waals surface area contributed by atoms with E-state index in [4.69, 9.17) is 14.5 Å². The molecule has 0 saturated carbocycles. The van der Waals surface area contributed by atoms with Crippen molar-refractivity contribution in [3.63, 3.8) is 0 Å². The van der Waals surface area contributed by atoms with Gasteiger partial charge in [-0.25, -0.2) is 9.97 Å². The van der Waals surface area contributed by atoms with Gasteiger partial charge in [0.05, 0.1) is 45.8 Å². The fraction of sp³-hybridized carbons (Fsp3) is 0.348. The Labute approximate surface area is 194 Å². The Morgan fingerprint density at radius 3 is 2.84 bits per heavy atom. The molecular weight excluding hydrogens is 444 g/mol. The first kappa shape index (κ1) is 21.3. The molecule has 1 amide bonds. The second-order valence-corrected chi connectivity index (χ2v) is 9.40. The molecule has 166 valence electrons. The number of hydrogen-bond acceptors (Lipinski definition) is 8. The summed E-state index contributed by atoms with van der Waals surface area (Å²) in [5.74, 6) is 0.773. The maximum absolute atomic E-state index is 13.6. The molecule has 0 N–H and O–H groups in total. The van der Waals surface area contributed by atoms with Crippen molar-refractivity contribution in [2.45, 2.75) is 6.92 Å². The van der Waals surface area contributed by atoms with Crippen molar-refractivity contribution in [2.75, 3.05) is 50.9 Å². The van der Waals surface area contributed by atoms with E-state index in [1.807, 2.05) is 48.2 Å². The molecule has 9 heteroatoms. The molecule has 3 heterocycles. The van der Waals surface area contributed by atoms with Crippen LogP contribution in [0.15, 0.2) is 41.9 Å². The summed E-state index contributed by atoms with van der Waals surface area (Å²) in [6, 6.07) is 11.6. The van der Waals surface area contributed by atoms with Gasteiger partial charge in [0.2, 0.25) is 0 Å². The Balaban J connectivity index is 1.46. The van der Waals surface area contributed by atoms with Gasteiger partial charge in [-0.3, -0.25) is 14.6 Å². The lowest BCUT2D eigenvalue weighted by molar-refractivity contribution is 0.0391. The summed E-state index contributed by atoms with van der Waals surface area (Å²) in [6.07, 6.45) is 0. The lowest BCUT2D eigenvalue weighted by Gasteiger charge is -2.29. The van der Waals surface area contributed by atoms with Crippen LogP contribution in [0.1, 0.15) is 17.3 Å². The normalized spacial score (nSPS) is 14.8. The smallest absolute Gasteiger partial charge is 0.260 e. The predicted molar refractivity (Wildman–Crippen MR) is 129 cm³/mol. The van der Waals surface area contributed by atoms with Crippen molar-refractivity contribution in [3.05, 3.63) is 47.5 Å². The number of fused-ring (bicyclic) bond motifs is 2. The summed E-state index contributed by atoms with van der Waals surface area (Å²) in [5, 5.41) is 0.705. The first-order valence-corrected chi connectivity index (χ1v) is 12.4. The SMILES string of the molecule is CCOc1ccc2nc(N(CCN3CCOCC3)C(=O)c3ccc4ncsc4c3)sc2c1. The van der Waals surface area contributed by atoms with E-state index < -0.39 is 0 Å². The molecule has 0 radical (unpaired) electrons. The number of morpholine rings is 1. The topological polar surface area (TPSA) is 67.8 Å². The molecule has 0 bridgehead atoms. The van der Waals surface area contributed by atoms with Gasteiger partial charge in [0.15, 0.2) is 5.13 Å². The van der Waals surface area contributed by atoms with E-state index in [-0.39, 0.29) is 5.91 Å². The molecule has 2 aromatic carbocycles. The van der Waals surface area contributed by atoms with Crippen LogP contribution in [0.2, 0.25) is 0 Å². The van der Waals surface area contributed by atoms with Gasteiger partial charge in [0.1, 0.15) is 5.75 Å². The first-order valence-electron chi connectivity index (χ1n) is 10.7. The third-order valence-electron chi connectivity index (χ3n) is 5.46. The third kappa shape index (κ3) is 4.47. The number of anilines is 1. The minimum absolute atomic E-state index is 0.0438. The van der Waals surface area contributed by atoms with Crippen molar-refractivity contribution < 1.29 is 14.3 Å². The molecule has 1 saturated heterocycles. The molecule has 0 atom stereocenters. The number of thiazole rings is 2. The number of rotatable bonds is 7. The molecule has 0 spiro atoms. The summed E-state index contributed by atoms with van der Waals surface area (Å²) < 4.78 is 13.1. The van der Waals surface area contributed by atoms with Crippen molar-refractivity contribution in [1.82, 2.24) is 14.9 Å². The highest BCUT2D eigenvalue weighted by Gasteiger charge is 2.23. The number of nitrogens with zero attached hydrogens (tertiary/aromatic N) is 4. The number of carbonyl (C=O) groups is 1. The van der Waals surface area contributed by atoms with Gasteiger partial charge in [0.25, 0.3) is 5.91 Å². The second-order valence-electron chi connectivity index (χ2n) is 7.50. The van der Waals surface area contributed by atoms with Crippen molar-refractivity contribution >= 4 is 54.1 Å². The minimum atomic E-state index is -0.0438. The first-order chi connectivity index (χ1) is 15.7. The number of hydrogen-bond donors (Lipinski definition) is 0. The van der Waals surface area contributed by atoms with Gasteiger partial charge >= 0.3 is 0 Å². The van der Waals surface area contributed by atoms with E-state index in [0.29, 0.717) is 23.8 Å². The lowest BCUT2D eigenvalue weighted by Crippen LogP contribution is -2.43. The van der Waals surface area contributed by atoms with E-state index in [1.54, 1.807) is 16.8 Å². The zero-order valence-corrected chi connectivity index (χ0v) is 19.5. The predicted octanol–water partition coefficient (Wildman–Crippen LogP) is 4.28. The van der Waals surface area contributed by atoms with E-state index in [9.17, 15) is 4.79 Å². The van der Waals surface area contributed by atoms with Crippen LogP contribution < -0.4 is 9.64 Å². The molecule has 4 aromatic rings. The summed E-state index contributed by atoms with van der Waals surface area (Å²) in [5.41, 5.74) is 4.24. The summed E-state index contributed by atoms with van der Waals surface area (Å²) in [7, 11) is 0. The maximum atomic E-state index is 13.6. The van der Waals surface area contributed by atoms with Gasteiger partial charge in [-0.05, 0) is 43.3 Å². The van der Waals surface area contributed by atoms with Crippen LogP contribution in [0.25, 0.3) is 20.4 Å². The van der Waals surface area contributed by atoms with Gasteiger partial charge in [-0.15, -0.1) is 11.3 Å². The molecule has 7 nitrogen and oxygen atoms in total. The summed E-state index contributed by atoms with van der Waals surface area (Å²) in [6.45, 7) is 7.15. The Bertz CT molecular complexity index is 1230. The Morgan fingerprint density at radius 2 is 2.00 bits per heavy atom. The monoisotopic (exact) mass is 468 g/mol. The lowest BCUT2D eigenvalue weighted by atomic mass is 10.2. The van der Waals surface area contributed by atoms with Crippen molar-refractivity contribution in [3.8, 4) is 5.75 Å². The van der Waals surface area contributed by atoms with Crippen LogP contribution in [0.5, 0.6) is 5.75 Å². The number of ether oxygens (including phenoxy) is 2. The molecule has 32 heavy (non-hydrogen) atoms. The van der Waals surface area contributed by atoms with Crippen LogP contribution in [0, 0.1) is 0 Å². The summed E-state index contributed by atoms with van der Waals surface area (Å²) in [4.78, 5) is 26.9. The molecule has 2 aromatic heterocycles. The standard InChI is InChI=1S/C23H24N4O3S2/c1-2-30-17-4-6-19-21(14-17)32-23(25-19)27(8-7-26-9-11-29-12-10-26)22(28)16-3-5-18-20(13-16)31-15-24-18/h3-6,13-15H,2,7-12H2,1H3. The zero-order valence-electron chi connectivity index (χ0n) is 17.8. The van der Waals surface area contributed by atoms with Gasteiger partial charge < -0.3 is 9.47 Å². The number of benzene rings is 2. The van der Waals surface area contributed by atoms with Crippen molar-refractivity contribution in [1.29, 1.82) is 0 Å². The highest BCUT2D eigenvalue weighted by molar-refractivity contribution is 7.22. The minimum Gasteiger partial charge on any atom is -0.494 e. The highest BCUT2D eigenvalue weighted by atomic mass is 32.1. The molecule has 1 aliphatic heterocycles. The van der Waals surface area contributed by atoms with E-state index in [1.165, 1.54) is 11.3 Å². The van der Waals surface area contributed by atoms with Crippen molar-refractivity contribution in [2.24, 2.45) is 0 Å². The molecule has 1 aliphatic rings. The average molecular weight is 469 g/mol. The van der Waals surface area contributed by atoms with Crippen LogP contribution in [-0.4, -0.2) is 66.8 Å². The van der Waals surface area contributed by atoms with Crippen LogP contribution in [0.3, 0.4) is 0 Å². The quantitative estimate of drug-likeness (QED) is 0.403. The number of aromatic nitrogens is 2. The molecule has 0 unspecified atom stereocenters. The highest BCUT2D eigenvalue weighted by Crippen LogP contribution is 2.32. The third-order valence-corrected chi connectivity index (χ3v) is 7.29. The Hall–Kier alpha value is -2.59. The Morgan fingerprint density at radius 1 is 1.16 bits per heavy atom. The number of carbonyl (C=O) groups excluding carboxylic acids is 1. The maximum Gasteiger partial charge on any atom is 0.260 e. The molecule has 5 rings (SSSR count). The zero-order chi connectivity index (χ0) is 21.9. The average Bonchev–Trinajstić information content (AvgIpc) is 3.46. The van der Waals surface area contributed by atoms with E-state index in [2.05, 4.69) is 9.88 Å². The largest absolute Gasteiger partial charge is 0.494 e. The number of amides is 1. The van der Waals surface area contributed by atoms with Crippen LogP contribution >= 0.6 is 22.7 Å². The van der Waals surface area contributed by atoms with Crippen LogP contribution in [0.4, 0.5) is 5.13 Å². The Kier molecular flexibility index (Phi) is 6.31. The fourth-order valence-corrected chi connectivity index (χ4v) is 5.49. The van der Waals surface area contributed by atoms with Crippen LogP contribution in [-0.2, 0) is 4.74 Å². The van der Waals surface area contributed by atoms with E-state index in [0.717, 1.165) is 59.0 Å².